The maximum Gasteiger partial charge on any atom is 0.323 e. The second-order valence-corrected chi connectivity index (χ2v) is 3.23. The van der Waals surface area contributed by atoms with Gasteiger partial charge in [-0.3, -0.25) is 9.59 Å². The van der Waals surface area contributed by atoms with Gasteiger partial charge in [0.25, 0.3) is 5.56 Å². The van der Waals surface area contributed by atoms with Crippen LogP contribution in [0.3, 0.4) is 0 Å². The maximum atomic E-state index is 11.7. The molecular formula is C9H9N3O3. The van der Waals surface area contributed by atoms with Crippen molar-refractivity contribution in [3.05, 3.63) is 28.9 Å². The molecule has 2 heterocycles. The molecule has 0 aromatic carbocycles. The third kappa shape index (κ3) is 1.50. The van der Waals surface area contributed by atoms with Crippen LogP contribution in [0.1, 0.15) is 0 Å². The second-order valence-electron chi connectivity index (χ2n) is 3.23. The number of aromatic nitrogens is 3. The molecule has 0 atom stereocenters. The average Bonchev–Trinajstić information content (AvgIpc) is 2.55. The molecule has 0 aliphatic rings. The number of fused-ring (bicyclic) bond motifs is 1. The Morgan fingerprint density at radius 3 is 3.00 bits per heavy atom. The molecule has 15 heavy (non-hydrogen) atoms. The van der Waals surface area contributed by atoms with E-state index < -0.39 is 5.97 Å². The van der Waals surface area contributed by atoms with Crippen LogP contribution in [0.2, 0.25) is 0 Å². The van der Waals surface area contributed by atoms with E-state index in [0.29, 0.717) is 11.0 Å². The minimum absolute atomic E-state index is 0.244. The summed E-state index contributed by atoms with van der Waals surface area (Å²) in [4.78, 5) is 26.2. The van der Waals surface area contributed by atoms with E-state index in [9.17, 15) is 9.59 Å². The second kappa shape index (κ2) is 3.23. The highest BCUT2D eigenvalue weighted by atomic mass is 16.4. The molecule has 0 amide bonds. The van der Waals surface area contributed by atoms with Gasteiger partial charge in [0.15, 0.2) is 0 Å². The zero-order valence-corrected chi connectivity index (χ0v) is 8.04. The lowest BCUT2D eigenvalue weighted by Crippen LogP contribution is -2.19. The van der Waals surface area contributed by atoms with Gasteiger partial charge in [-0.25, -0.2) is 4.98 Å². The number of hydrogen-bond donors (Lipinski definition) is 1. The lowest BCUT2D eigenvalue weighted by Gasteiger charge is -2.00. The summed E-state index contributed by atoms with van der Waals surface area (Å²) >= 11 is 0. The molecule has 0 radical (unpaired) electrons. The number of pyridine rings is 1. The number of carbonyl (C=O) groups is 1. The number of carboxylic acid groups (broad SMARTS) is 1. The van der Waals surface area contributed by atoms with Gasteiger partial charge >= 0.3 is 5.97 Å². The highest BCUT2D eigenvalue weighted by Crippen LogP contribution is 2.06. The summed E-state index contributed by atoms with van der Waals surface area (Å²) in [5.74, 6) is -1.000. The van der Waals surface area contributed by atoms with Gasteiger partial charge in [0.1, 0.15) is 12.1 Å². The number of carboxylic acids is 1. The molecule has 0 saturated carbocycles. The molecule has 2 aromatic heterocycles. The van der Waals surface area contributed by atoms with Crippen molar-refractivity contribution in [2.75, 3.05) is 0 Å². The molecule has 1 N–H and O–H groups in total. The molecule has 0 fully saturated rings. The van der Waals surface area contributed by atoms with Gasteiger partial charge in [0.2, 0.25) is 0 Å². The first-order valence-electron chi connectivity index (χ1n) is 4.32. The number of nitrogens with zero attached hydrogens (tertiary/aromatic N) is 3. The monoisotopic (exact) mass is 207 g/mol. The average molecular weight is 207 g/mol. The smallest absolute Gasteiger partial charge is 0.323 e. The fraction of sp³-hybridized carbons (Fsp3) is 0.222. The van der Waals surface area contributed by atoms with Crippen molar-refractivity contribution in [3.63, 3.8) is 0 Å². The third-order valence-corrected chi connectivity index (χ3v) is 2.15. The van der Waals surface area contributed by atoms with Crippen LogP contribution >= 0.6 is 0 Å². The SMILES string of the molecule is Cn1ccc2ncn(CC(=O)O)c2c1=O. The predicted molar refractivity (Wildman–Crippen MR) is 52.6 cm³/mol. The Morgan fingerprint density at radius 1 is 1.60 bits per heavy atom. The van der Waals surface area contributed by atoms with Gasteiger partial charge in [-0.05, 0) is 6.07 Å². The minimum atomic E-state index is -1.000. The molecule has 6 nitrogen and oxygen atoms in total. The zero-order chi connectivity index (χ0) is 11.0. The van der Waals surface area contributed by atoms with E-state index in [-0.39, 0.29) is 12.1 Å². The lowest BCUT2D eigenvalue weighted by molar-refractivity contribution is -0.137. The number of rotatable bonds is 2. The van der Waals surface area contributed by atoms with Crippen LogP contribution in [-0.2, 0) is 18.4 Å². The van der Waals surface area contributed by atoms with E-state index >= 15 is 0 Å². The number of aryl methyl sites for hydroxylation is 1. The molecule has 6 heteroatoms. The Hall–Kier alpha value is -2.11. The van der Waals surface area contributed by atoms with Crippen molar-refractivity contribution < 1.29 is 9.90 Å². The highest BCUT2D eigenvalue weighted by Gasteiger charge is 2.09. The molecule has 0 saturated heterocycles. The summed E-state index contributed by atoms with van der Waals surface area (Å²) in [6.07, 6.45) is 2.96. The molecule has 0 aliphatic heterocycles. The van der Waals surface area contributed by atoms with Crippen molar-refractivity contribution in [1.29, 1.82) is 0 Å². The van der Waals surface area contributed by atoms with Gasteiger partial charge < -0.3 is 14.2 Å². The largest absolute Gasteiger partial charge is 0.480 e. The summed E-state index contributed by atoms with van der Waals surface area (Å²) in [5, 5.41) is 8.65. The first-order valence-corrected chi connectivity index (χ1v) is 4.32. The first-order chi connectivity index (χ1) is 7.09. The normalized spacial score (nSPS) is 10.7. The maximum absolute atomic E-state index is 11.7. The topological polar surface area (TPSA) is 77.1 Å². The molecule has 0 spiro atoms. The van der Waals surface area contributed by atoms with Gasteiger partial charge in [0, 0.05) is 13.2 Å². The van der Waals surface area contributed by atoms with E-state index in [1.54, 1.807) is 19.3 Å². The van der Waals surface area contributed by atoms with E-state index in [2.05, 4.69) is 4.98 Å². The predicted octanol–water partition coefficient (Wildman–Crippen LogP) is -0.180. The van der Waals surface area contributed by atoms with Crippen molar-refractivity contribution in [2.24, 2.45) is 7.05 Å². The fourth-order valence-electron chi connectivity index (χ4n) is 1.44. The van der Waals surface area contributed by atoms with Crippen molar-refractivity contribution in [1.82, 2.24) is 14.1 Å². The molecule has 78 valence electrons. The molecule has 0 aliphatic carbocycles. The minimum Gasteiger partial charge on any atom is -0.480 e. The Kier molecular flexibility index (Phi) is 2.03. The van der Waals surface area contributed by atoms with Crippen molar-refractivity contribution >= 4 is 17.0 Å². The van der Waals surface area contributed by atoms with E-state index in [0.717, 1.165) is 0 Å². The quantitative estimate of drug-likeness (QED) is 0.741. The Balaban J connectivity index is 2.72. The Morgan fingerprint density at radius 2 is 2.33 bits per heavy atom. The fourth-order valence-corrected chi connectivity index (χ4v) is 1.44. The molecule has 2 aromatic rings. The molecule has 2 rings (SSSR count). The van der Waals surface area contributed by atoms with E-state index in [1.165, 1.54) is 15.5 Å². The van der Waals surface area contributed by atoms with Crippen LogP contribution in [0.5, 0.6) is 0 Å². The summed E-state index contributed by atoms with van der Waals surface area (Å²) < 4.78 is 2.72. The molecule has 0 bridgehead atoms. The summed E-state index contributed by atoms with van der Waals surface area (Å²) in [7, 11) is 1.61. The summed E-state index contributed by atoms with van der Waals surface area (Å²) in [6, 6.07) is 1.68. The van der Waals surface area contributed by atoms with Gasteiger partial charge in [-0.2, -0.15) is 0 Å². The lowest BCUT2D eigenvalue weighted by atomic mass is 10.4. The van der Waals surface area contributed by atoms with Gasteiger partial charge in [0.05, 0.1) is 11.8 Å². The van der Waals surface area contributed by atoms with Crippen LogP contribution in [0.15, 0.2) is 23.4 Å². The summed E-state index contributed by atoms with van der Waals surface area (Å²) in [6.45, 7) is -0.254. The van der Waals surface area contributed by atoms with E-state index in [1.807, 2.05) is 0 Å². The zero-order valence-electron chi connectivity index (χ0n) is 8.04. The standard InChI is InChI=1S/C9H9N3O3/c1-11-3-2-6-8(9(11)15)12(5-10-6)4-7(13)14/h2-3,5H,4H2,1H3,(H,13,14). The van der Waals surface area contributed by atoms with Crippen LogP contribution in [0.25, 0.3) is 11.0 Å². The highest BCUT2D eigenvalue weighted by molar-refractivity contribution is 5.76. The van der Waals surface area contributed by atoms with Crippen LogP contribution in [-0.4, -0.2) is 25.2 Å². The number of imidazole rings is 1. The van der Waals surface area contributed by atoms with Gasteiger partial charge in [-0.15, -0.1) is 0 Å². The van der Waals surface area contributed by atoms with Crippen LogP contribution in [0.4, 0.5) is 0 Å². The Labute approximate surface area is 84.4 Å². The number of aliphatic carboxylic acids is 1. The Bertz CT molecular complexity index is 582. The molecule has 0 unspecified atom stereocenters. The van der Waals surface area contributed by atoms with E-state index in [4.69, 9.17) is 5.11 Å². The van der Waals surface area contributed by atoms with Crippen LogP contribution < -0.4 is 5.56 Å². The van der Waals surface area contributed by atoms with Crippen molar-refractivity contribution in [3.8, 4) is 0 Å². The molecular weight excluding hydrogens is 198 g/mol. The number of hydrogen-bond acceptors (Lipinski definition) is 3. The van der Waals surface area contributed by atoms with Gasteiger partial charge in [-0.1, -0.05) is 0 Å². The third-order valence-electron chi connectivity index (χ3n) is 2.15. The summed E-state index contributed by atoms with van der Waals surface area (Å²) in [5.41, 5.74) is 0.591. The van der Waals surface area contributed by atoms with Crippen molar-refractivity contribution in [2.45, 2.75) is 6.54 Å². The van der Waals surface area contributed by atoms with Crippen LogP contribution in [0, 0.1) is 0 Å². The first kappa shape index (κ1) is 9.45.